The van der Waals surface area contributed by atoms with Gasteiger partial charge >= 0.3 is 5.97 Å². The van der Waals surface area contributed by atoms with Crippen LogP contribution in [0.5, 0.6) is 0 Å². The molecule has 0 aromatic rings. The van der Waals surface area contributed by atoms with E-state index in [0.29, 0.717) is 12.8 Å². The van der Waals surface area contributed by atoms with E-state index in [1.165, 1.54) is 109 Å². The topological polar surface area (TPSA) is 175 Å². The monoisotopic (exact) mass is 1010 g/mol. The lowest BCUT2D eigenvalue weighted by Crippen LogP contribution is -2.61. The minimum absolute atomic E-state index is 0.113. The van der Waals surface area contributed by atoms with Gasteiger partial charge in [-0.3, -0.25) is 9.59 Å². The SMILES string of the molecule is CC/C=C/C=C/C=C/C=C\CCCCCCC(O)C(=O)NC(COC1OC(CO)C(O)C(O)C1OC(=O)CCCCCCCCC/C=C/CCCCCCCC)C(O)/C=C/CCCCCCCCCCCC. The molecule has 8 atom stereocenters. The highest BCUT2D eigenvalue weighted by Gasteiger charge is 2.47. The molecule has 0 spiro atoms. The second-order valence-corrected chi connectivity index (χ2v) is 20.1. The van der Waals surface area contributed by atoms with Crippen molar-refractivity contribution in [3.05, 3.63) is 72.9 Å². The zero-order valence-corrected chi connectivity index (χ0v) is 45.8. The Morgan fingerprint density at radius 3 is 1.54 bits per heavy atom. The predicted octanol–water partition coefficient (Wildman–Crippen LogP) is 13.2. The third-order valence-corrected chi connectivity index (χ3v) is 13.4. The Morgan fingerprint density at radius 2 is 1.01 bits per heavy atom. The zero-order chi connectivity index (χ0) is 52.5. The van der Waals surface area contributed by atoms with Crippen LogP contribution in [-0.4, -0.2) is 99.6 Å². The summed E-state index contributed by atoms with van der Waals surface area (Å²) in [6, 6.07) is -1.04. The summed E-state index contributed by atoms with van der Waals surface area (Å²) in [6.45, 7) is 5.61. The van der Waals surface area contributed by atoms with Crippen molar-refractivity contribution in [2.45, 2.75) is 288 Å². The lowest BCUT2D eigenvalue weighted by molar-refractivity contribution is -0.305. The standard InChI is InChI=1S/C61H107NO10/c1-4-7-10-13-16-19-22-25-27-28-29-31-34-37-40-43-46-49-56(66)72-59-58(68)57(67)55(50-63)71-61(59)70-51-52(53(64)47-44-41-38-35-32-24-21-18-15-12-9-6-3)62-60(69)54(65)48-45-42-39-36-33-30-26-23-20-17-14-11-8-5-2/h8,11,14,17,20,23,25-27,30,44,47,52-55,57-59,61,63-65,67-68H,4-7,9-10,12-13,15-16,18-19,21-22,24,28-29,31-43,45-46,48-51H2,1-3H3,(H,62,69)/b11-8+,17-14+,23-20+,27-25+,30-26-,47-44+. The quantitative estimate of drug-likeness (QED) is 0.0149. The Labute approximate surface area is 439 Å². The highest BCUT2D eigenvalue weighted by molar-refractivity contribution is 5.80. The molecule has 0 saturated carbocycles. The molecule has 1 amide bonds. The van der Waals surface area contributed by atoms with Crippen molar-refractivity contribution in [2.24, 2.45) is 0 Å². The molecule has 8 unspecified atom stereocenters. The van der Waals surface area contributed by atoms with E-state index in [4.69, 9.17) is 14.2 Å². The molecule has 6 N–H and O–H groups in total. The number of hydrogen-bond acceptors (Lipinski definition) is 10. The molecular weight excluding hydrogens is 907 g/mol. The molecule has 1 rings (SSSR count). The van der Waals surface area contributed by atoms with Crippen LogP contribution >= 0.6 is 0 Å². The first-order valence-corrected chi connectivity index (χ1v) is 29.3. The first kappa shape index (κ1) is 67.1. The van der Waals surface area contributed by atoms with Crippen LogP contribution in [0.2, 0.25) is 0 Å². The Morgan fingerprint density at radius 1 is 0.556 bits per heavy atom. The third kappa shape index (κ3) is 36.9. The summed E-state index contributed by atoms with van der Waals surface area (Å²) >= 11 is 0. The van der Waals surface area contributed by atoms with Crippen molar-refractivity contribution >= 4 is 11.9 Å². The van der Waals surface area contributed by atoms with Crippen molar-refractivity contribution in [3.63, 3.8) is 0 Å². The Balaban J connectivity index is 2.74. The van der Waals surface area contributed by atoms with Crippen LogP contribution in [-0.2, 0) is 23.8 Å². The molecule has 0 bridgehead atoms. The maximum Gasteiger partial charge on any atom is 0.306 e. The van der Waals surface area contributed by atoms with Gasteiger partial charge in [0.15, 0.2) is 12.4 Å². The fraction of sp³-hybridized carbons (Fsp3) is 0.770. The largest absolute Gasteiger partial charge is 0.454 e. The maximum absolute atomic E-state index is 13.4. The Kier molecular flexibility index (Phi) is 45.7. The molecule has 416 valence electrons. The average molecular weight is 1010 g/mol. The van der Waals surface area contributed by atoms with Gasteiger partial charge in [0.2, 0.25) is 5.91 Å². The zero-order valence-electron chi connectivity index (χ0n) is 45.8. The van der Waals surface area contributed by atoms with Gasteiger partial charge in [0.1, 0.15) is 24.4 Å². The minimum Gasteiger partial charge on any atom is -0.454 e. The molecule has 11 heteroatoms. The number of aliphatic hydroxyl groups is 5. The number of carbonyl (C=O) groups is 2. The van der Waals surface area contributed by atoms with Gasteiger partial charge in [-0.25, -0.2) is 0 Å². The number of hydrogen-bond donors (Lipinski definition) is 6. The first-order chi connectivity index (χ1) is 35.2. The lowest BCUT2D eigenvalue weighted by atomic mass is 9.99. The number of allylic oxidation sites excluding steroid dienone is 11. The molecule has 1 aliphatic rings. The number of rotatable bonds is 48. The number of unbranched alkanes of at least 4 members (excludes halogenated alkanes) is 27. The van der Waals surface area contributed by atoms with Crippen molar-refractivity contribution < 1.29 is 49.3 Å². The Bertz CT molecular complexity index is 1440. The number of esters is 1. The van der Waals surface area contributed by atoms with Crippen molar-refractivity contribution in [1.29, 1.82) is 0 Å². The number of ether oxygens (including phenoxy) is 3. The first-order valence-electron chi connectivity index (χ1n) is 29.3. The summed E-state index contributed by atoms with van der Waals surface area (Å²) in [5.74, 6) is -1.23. The summed E-state index contributed by atoms with van der Waals surface area (Å²) < 4.78 is 17.6. The van der Waals surface area contributed by atoms with Gasteiger partial charge in [-0.05, 0) is 70.6 Å². The fourth-order valence-corrected chi connectivity index (χ4v) is 8.77. The molecule has 1 fully saturated rings. The van der Waals surface area contributed by atoms with Crippen LogP contribution in [0, 0.1) is 0 Å². The predicted molar refractivity (Wildman–Crippen MR) is 296 cm³/mol. The minimum atomic E-state index is -1.62. The van der Waals surface area contributed by atoms with E-state index in [0.717, 1.165) is 83.5 Å². The smallest absolute Gasteiger partial charge is 0.306 e. The Hall–Kier alpha value is -2.90. The van der Waals surface area contributed by atoms with E-state index in [9.17, 15) is 35.1 Å². The van der Waals surface area contributed by atoms with Gasteiger partial charge in [0, 0.05) is 6.42 Å². The van der Waals surface area contributed by atoms with Crippen molar-refractivity contribution in [3.8, 4) is 0 Å². The van der Waals surface area contributed by atoms with Gasteiger partial charge in [0.05, 0.1) is 25.4 Å². The molecule has 0 aromatic carbocycles. The van der Waals surface area contributed by atoms with Gasteiger partial charge in [-0.15, -0.1) is 0 Å². The van der Waals surface area contributed by atoms with Gasteiger partial charge in [-0.2, -0.15) is 0 Å². The van der Waals surface area contributed by atoms with Gasteiger partial charge in [0.25, 0.3) is 0 Å². The van der Waals surface area contributed by atoms with E-state index in [1.807, 2.05) is 42.5 Å². The highest BCUT2D eigenvalue weighted by atomic mass is 16.7. The number of amides is 1. The van der Waals surface area contributed by atoms with Crippen LogP contribution in [0.3, 0.4) is 0 Å². The summed E-state index contributed by atoms with van der Waals surface area (Å²) in [6.07, 6.45) is 50.8. The second kappa shape index (κ2) is 49.0. The molecule has 1 saturated heterocycles. The third-order valence-electron chi connectivity index (χ3n) is 13.4. The van der Waals surface area contributed by atoms with Crippen molar-refractivity contribution in [1.82, 2.24) is 5.32 Å². The summed E-state index contributed by atoms with van der Waals surface area (Å²) in [5.41, 5.74) is 0. The molecule has 0 aromatic heterocycles. The maximum atomic E-state index is 13.4. The number of aliphatic hydroxyl groups excluding tert-OH is 5. The fourth-order valence-electron chi connectivity index (χ4n) is 8.77. The number of carbonyl (C=O) groups excluding carboxylic acids is 2. The highest BCUT2D eigenvalue weighted by Crippen LogP contribution is 2.26. The van der Waals surface area contributed by atoms with Crippen LogP contribution in [0.25, 0.3) is 0 Å². The second-order valence-electron chi connectivity index (χ2n) is 20.1. The van der Waals surface area contributed by atoms with Gasteiger partial charge < -0.3 is 45.1 Å². The molecule has 1 aliphatic heterocycles. The molecule has 0 aliphatic carbocycles. The van der Waals surface area contributed by atoms with E-state index in [2.05, 4.69) is 50.4 Å². The molecule has 11 nitrogen and oxygen atoms in total. The lowest BCUT2D eigenvalue weighted by Gasteiger charge is -2.41. The van der Waals surface area contributed by atoms with Crippen LogP contribution in [0.4, 0.5) is 0 Å². The van der Waals surface area contributed by atoms with E-state index in [-0.39, 0.29) is 19.4 Å². The van der Waals surface area contributed by atoms with E-state index in [1.54, 1.807) is 6.08 Å². The van der Waals surface area contributed by atoms with Crippen LogP contribution in [0.15, 0.2) is 72.9 Å². The van der Waals surface area contributed by atoms with Crippen LogP contribution < -0.4 is 5.32 Å². The van der Waals surface area contributed by atoms with Gasteiger partial charge in [-0.1, -0.05) is 235 Å². The number of nitrogens with one attached hydrogen (secondary N) is 1. The molecular formula is C61H107NO10. The molecule has 72 heavy (non-hydrogen) atoms. The summed E-state index contributed by atoms with van der Waals surface area (Å²) in [7, 11) is 0. The van der Waals surface area contributed by atoms with E-state index < -0.39 is 67.4 Å². The summed E-state index contributed by atoms with van der Waals surface area (Å²) in [4.78, 5) is 26.5. The van der Waals surface area contributed by atoms with Crippen LogP contribution in [0.1, 0.15) is 239 Å². The van der Waals surface area contributed by atoms with Crippen molar-refractivity contribution in [2.75, 3.05) is 13.2 Å². The average Bonchev–Trinajstić information content (AvgIpc) is 3.38. The summed E-state index contributed by atoms with van der Waals surface area (Å²) in [5, 5.41) is 56.8. The molecule has 0 radical (unpaired) electrons. The normalized spacial score (nSPS) is 20.0. The molecule has 1 heterocycles. The van der Waals surface area contributed by atoms with E-state index >= 15 is 0 Å².